The molecule has 1 N–H and O–H groups in total. The average molecular weight is 449 g/mol. The Balaban J connectivity index is 1.46. The van der Waals surface area contributed by atoms with Crippen LogP contribution in [0.1, 0.15) is 27.9 Å². The lowest BCUT2D eigenvalue weighted by molar-refractivity contribution is 0.0695. The van der Waals surface area contributed by atoms with E-state index in [9.17, 15) is 14.7 Å². The first-order valence-electron chi connectivity index (χ1n) is 10.2. The summed E-state index contributed by atoms with van der Waals surface area (Å²) in [5, 5.41) is 10.3. The monoisotopic (exact) mass is 448 g/mol. The Kier molecular flexibility index (Phi) is 5.14. The van der Waals surface area contributed by atoms with Crippen LogP contribution in [0, 0.1) is 12.8 Å². The van der Waals surface area contributed by atoms with Crippen molar-refractivity contribution in [2.24, 2.45) is 5.92 Å². The van der Waals surface area contributed by atoms with E-state index in [2.05, 4.69) is 19.2 Å². The van der Waals surface area contributed by atoms with Crippen LogP contribution in [0.25, 0.3) is 16.2 Å². The van der Waals surface area contributed by atoms with Crippen LogP contribution in [0.4, 0.5) is 5.82 Å². The van der Waals surface area contributed by atoms with Crippen LogP contribution in [0.3, 0.4) is 0 Å². The Labute approximate surface area is 187 Å². The lowest BCUT2D eigenvalue weighted by Gasteiger charge is -2.40. The number of carbonyl (C=O) groups is 1. The fraction of sp³-hybridized carbons (Fsp3) is 0.273. The van der Waals surface area contributed by atoms with Crippen LogP contribution in [0.15, 0.2) is 47.9 Å². The van der Waals surface area contributed by atoms with Gasteiger partial charge in [0.1, 0.15) is 17.7 Å². The van der Waals surface area contributed by atoms with Gasteiger partial charge < -0.3 is 10.0 Å². The summed E-state index contributed by atoms with van der Waals surface area (Å²) in [6, 6.07) is 5.95. The lowest BCUT2D eigenvalue weighted by Crippen LogP contribution is -2.47. The number of aromatic carboxylic acids is 1. The van der Waals surface area contributed by atoms with Crippen molar-refractivity contribution in [2.45, 2.75) is 19.8 Å². The standard InChI is InChI=1S/C22H20N6O3S/c1-13-8-17(27-9-15(10-27)3-2-14-4-6-23-7-5-14)26-20-18(13)19(29)16(21(30)31)11-28(20)22-24-12-25-32-22/h4-8,11-12,15H,2-3,9-10H2,1H3,(H,30,31). The molecular weight excluding hydrogens is 428 g/mol. The van der Waals surface area contributed by atoms with Crippen LogP contribution in [0.2, 0.25) is 0 Å². The van der Waals surface area contributed by atoms with Crippen molar-refractivity contribution in [1.82, 2.24) is 23.9 Å². The van der Waals surface area contributed by atoms with E-state index in [1.807, 2.05) is 37.5 Å². The zero-order chi connectivity index (χ0) is 22.2. The zero-order valence-corrected chi connectivity index (χ0v) is 18.1. The molecular formula is C22H20N6O3S. The van der Waals surface area contributed by atoms with Gasteiger partial charge in [-0.3, -0.25) is 14.3 Å². The molecule has 0 amide bonds. The number of rotatable bonds is 6. The molecule has 4 aromatic rings. The maximum absolute atomic E-state index is 12.9. The smallest absolute Gasteiger partial charge is 0.341 e. The number of carboxylic acid groups (broad SMARTS) is 1. The van der Waals surface area contributed by atoms with Crippen molar-refractivity contribution in [2.75, 3.05) is 18.0 Å². The molecule has 0 aromatic carbocycles. The first-order chi connectivity index (χ1) is 15.5. The number of aryl methyl sites for hydroxylation is 2. The molecule has 1 saturated heterocycles. The predicted octanol–water partition coefficient (Wildman–Crippen LogP) is 2.71. The number of pyridine rings is 3. The highest BCUT2D eigenvalue weighted by atomic mass is 32.1. The van der Waals surface area contributed by atoms with E-state index >= 15 is 0 Å². The van der Waals surface area contributed by atoms with Crippen molar-refractivity contribution in [3.63, 3.8) is 0 Å². The third-order valence-electron chi connectivity index (χ3n) is 5.80. The molecule has 1 aliphatic heterocycles. The number of nitrogens with zero attached hydrogens (tertiary/aromatic N) is 6. The molecule has 1 fully saturated rings. The first kappa shape index (κ1) is 20.3. The third-order valence-corrected chi connectivity index (χ3v) is 6.47. The Hall–Kier alpha value is -3.66. The summed E-state index contributed by atoms with van der Waals surface area (Å²) in [7, 11) is 0. The van der Waals surface area contributed by atoms with Crippen LogP contribution in [-0.2, 0) is 6.42 Å². The molecule has 5 rings (SSSR count). The average Bonchev–Trinajstić information content (AvgIpc) is 3.27. The van der Waals surface area contributed by atoms with E-state index in [-0.39, 0.29) is 5.56 Å². The lowest BCUT2D eigenvalue weighted by atomic mass is 9.92. The maximum atomic E-state index is 12.9. The minimum Gasteiger partial charge on any atom is -0.477 e. The second-order valence-electron chi connectivity index (χ2n) is 7.93. The highest BCUT2D eigenvalue weighted by molar-refractivity contribution is 7.08. The number of hydrogen-bond donors (Lipinski definition) is 1. The summed E-state index contributed by atoms with van der Waals surface area (Å²) in [6.07, 6.45) is 8.42. The minimum atomic E-state index is -1.28. The fourth-order valence-corrected chi connectivity index (χ4v) is 4.58. The van der Waals surface area contributed by atoms with E-state index in [0.717, 1.165) is 43.3 Å². The van der Waals surface area contributed by atoms with Crippen LogP contribution >= 0.6 is 11.5 Å². The highest BCUT2D eigenvalue weighted by Gasteiger charge is 2.29. The highest BCUT2D eigenvalue weighted by Crippen LogP contribution is 2.29. The Morgan fingerprint density at radius 3 is 2.75 bits per heavy atom. The summed E-state index contributed by atoms with van der Waals surface area (Å²) in [5.74, 6) is 0.0648. The minimum absolute atomic E-state index is 0.290. The molecule has 10 heteroatoms. The SMILES string of the molecule is Cc1cc(N2CC(CCc3ccncc3)C2)nc2c1c(=O)c(C(=O)O)cn2-c1ncns1. The summed E-state index contributed by atoms with van der Waals surface area (Å²) >= 11 is 1.11. The third kappa shape index (κ3) is 3.62. The second kappa shape index (κ2) is 8.12. The topological polar surface area (TPSA) is 114 Å². The quantitative estimate of drug-likeness (QED) is 0.479. The summed E-state index contributed by atoms with van der Waals surface area (Å²) < 4.78 is 5.56. The largest absolute Gasteiger partial charge is 0.477 e. The molecule has 0 spiro atoms. The van der Waals surface area contributed by atoms with Crippen LogP contribution < -0.4 is 10.3 Å². The normalized spacial score (nSPS) is 14.0. The molecule has 5 heterocycles. The van der Waals surface area contributed by atoms with Gasteiger partial charge in [0, 0.05) is 43.2 Å². The van der Waals surface area contributed by atoms with Crippen molar-refractivity contribution in [1.29, 1.82) is 0 Å². The van der Waals surface area contributed by atoms with Crippen LogP contribution in [-0.4, -0.2) is 48.1 Å². The first-order valence-corrected chi connectivity index (χ1v) is 11.0. The summed E-state index contributed by atoms with van der Waals surface area (Å²) in [6.45, 7) is 3.59. The summed E-state index contributed by atoms with van der Waals surface area (Å²) in [4.78, 5) is 39.7. The maximum Gasteiger partial charge on any atom is 0.341 e. The molecule has 0 saturated carbocycles. The summed E-state index contributed by atoms with van der Waals surface area (Å²) in [5.41, 5.74) is 1.52. The van der Waals surface area contributed by atoms with Gasteiger partial charge >= 0.3 is 5.97 Å². The fourth-order valence-electron chi connectivity index (χ4n) is 4.07. The van der Waals surface area contributed by atoms with Crippen molar-refractivity contribution >= 4 is 34.4 Å². The van der Waals surface area contributed by atoms with Gasteiger partial charge in [-0.25, -0.2) is 14.8 Å². The van der Waals surface area contributed by atoms with Gasteiger partial charge in [-0.05, 0) is 55.0 Å². The molecule has 162 valence electrons. The van der Waals surface area contributed by atoms with Gasteiger partial charge in [0.25, 0.3) is 0 Å². The van der Waals surface area contributed by atoms with E-state index in [4.69, 9.17) is 4.98 Å². The second-order valence-corrected chi connectivity index (χ2v) is 8.69. The predicted molar refractivity (Wildman–Crippen MR) is 121 cm³/mol. The molecule has 0 radical (unpaired) electrons. The molecule has 0 bridgehead atoms. The number of fused-ring (bicyclic) bond motifs is 1. The number of aromatic nitrogens is 5. The Morgan fingerprint density at radius 1 is 1.28 bits per heavy atom. The Bertz CT molecular complexity index is 1350. The van der Waals surface area contributed by atoms with Crippen molar-refractivity contribution in [3.05, 3.63) is 70.0 Å². The van der Waals surface area contributed by atoms with Crippen molar-refractivity contribution in [3.8, 4) is 5.13 Å². The molecule has 0 unspecified atom stereocenters. The molecule has 1 aliphatic rings. The van der Waals surface area contributed by atoms with Gasteiger partial charge in [0.2, 0.25) is 10.6 Å². The zero-order valence-electron chi connectivity index (χ0n) is 17.3. The van der Waals surface area contributed by atoms with Crippen LogP contribution in [0.5, 0.6) is 0 Å². The van der Waals surface area contributed by atoms with Gasteiger partial charge in [-0.15, -0.1) is 0 Å². The molecule has 9 nitrogen and oxygen atoms in total. The number of hydrogen-bond acceptors (Lipinski definition) is 8. The molecule has 0 atom stereocenters. The number of carboxylic acids is 1. The van der Waals surface area contributed by atoms with E-state index < -0.39 is 11.4 Å². The van der Waals surface area contributed by atoms with Gasteiger partial charge in [0.15, 0.2) is 5.65 Å². The van der Waals surface area contributed by atoms with Gasteiger partial charge in [-0.1, -0.05) is 0 Å². The molecule has 4 aromatic heterocycles. The number of anilines is 1. The molecule has 32 heavy (non-hydrogen) atoms. The van der Waals surface area contributed by atoms with E-state index in [0.29, 0.717) is 27.6 Å². The van der Waals surface area contributed by atoms with E-state index in [1.165, 1.54) is 18.1 Å². The van der Waals surface area contributed by atoms with E-state index in [1.54, 1.807) is 4.57 Å². The van der Waals surface area contributed by atoms with Gasteiger partial charge in [0.05, 0.1) is 5.39 Å². The van der Waals surface area contributed by atoms with Gasteiger partial charge in [-0.2, -0.15) is 4.37 Å². The molecule has 0 aliphatic carbocycles. The van der Waals surface area contributed by atoms with Crippen molar-refractivity contribution < 1.29 is 9.90 Å². The Morgan fingerprint density at radius 2 is 2.06 bits per heavy atom.